The number of carbonyl (C=O) groups is 1. The number of rotatable bonds is 4. The molecule has 3 aromatic rings. The number of hydrogen-bond acceptors (Lipinski definition) is 10. The fourth-order valence-electron chi connectivity index (χ4n) is 6.30. The first-order valence-electron chi connectivity index (χ1n) is 15.1. The second-order valence-electron chi connectivity index (χ2n) is 13.0. The minimum Gasteiger partial charge on any atom is -0.465 e. The highest BCUT2D eigenvalue weighted by Gasteiger charge is 2.38. The third kappa shape index (κ3) is 6.15. The van der Waals surface area contributed by atoms with E-state index in [4.69, 9.17) is 15.7 Å². The van der Waals surface area contributed by atoms with Crippen LogP contribution in [0.3, 0.4) is 0 Å². The first-order chi connectivity index (χ1) is 20.5. The monoisotopic (exact) mass is 586 g/mol. The van der Waals surface area contributed by atoms with E-state index in [0.29, 0.717) is 31.5 Å². The van der Waals surface area contributed by atoms with Crippen molar-refractivity contribution in [2.24, 2.45) is 5.41 Å². The zero-order chi connectivity index (χ0) is 30.3. The van der Waals surface area contributed by atoms with E-state index in [9.17, 15) is 9.90 Å². The number of fused-ring (bicyclic) bond motifs is 1. The SMILES string of the molecule is CN1CCN(c2cc(N3CCc4ccc(-c5cnc(N6CCN(C(=O)O)C(C(C)(C)C)C6)nc5)cc4C3)nc(N)n2)CC1. The summed E-state index contributed by atoms with van der Waals surface area (Å²) in [6.07, 6.45) is 3.79. The van der Waals surface area contributed by atoms with Gasteiger partial charge in [0.25, 0.3) is 0 Å². The normalized spacial score (nSPS) is 19.9. The topological polar surface area (TPSA) is 131 Å². The number of anilines is 4. The van der Waals surface area contributed by atoms with Crippen molar-refractivity contribution in [1.82, 2.24) is 29.7 Å². The Morgan fingerprint density at radius 1 is 0.860 bits per heavy atom. The number of amides is 1. The van der Waals surface area contributed by atoms with E-state index in [1.165, 1.54) is 11.1 Å². The highest BCUT2D eigenvalue weighted by Crippen LogP contribution is 2.32. The first-order valence-corrected chi connectivity index (χ1v) is 15.1. The lowest BCUT2D eigenvalue weighted by atomic mass is 9.84. The van der Waals surface area contributed by atoms with E-state index in [2.05, 4.69) is 81.7 Å². The van der Waals surface area contributed by atoms with Gasteiger partial charge in [0, 0.05) is 82.9 Å². The molecule has 12 nitrogen and oxygen atoms in total. The molecule has 0 spiro atoms. The van der Waals surface area contributed by atoms with Crippen molar-refractivity contribution in [2.75, 3.05) is 79.8 Å². The minimum absolute atomic E-state index is 0.145. The largest absolute Gasteiger partial charge is 0.465 e. The van der Waals surface area contributed by atoms with Gasteiger partial charge < -0.3 is 35.3 Å². The van der Waals surface area contributed by atoms with Crippen LogP contribution in [0.5, 0.6) is 0 Å². The number of aromatic nitrogens is 4. The maximum atomic E-state index is 11.8. The molecule has 3 aliphatic heterocycles. The Labute approximate surface area is 253 Å². The Kier molecular flexibility index (Phi) is 7.72. The van der Waals surface area contributed by atoms with Crippen molar-refractivity contribution < 1.29 is 9.90 Å². The standard InChI is InChI=1S/C31H42N10O2/c1-31(2,3)25-20-40(13-14-41(25)30(42)43)29-33-17-24(18-34-29)22-6-5-21-7-8-39(19-23(21)15-22)27-16-26(35-28(32)36-27)38-11-9-37(4)10-12-38/h5-6,15-18,25H,7-14,19-20H2,1-4H3,(H,42,43)(H2,32,35,36). The maximum absolute atomic E-state index is 11.8. The highest BCUT2D eigenvalue weighted by atomic mass is 16.4. The summed E-state index contributed by atoms with van der Waals surface area (Å²) >= 11 is 0. The van der Waals surface area contributed by atoms with Crippen LogP contribution in [0.2, 0.25) is 0 Å². The van der Waals surface area contributed by atoms with Crippen LogP contribution in [0.15, 0.2) is 36.7 Å². The summed E-state index contributed by atoms with van der Waals surface area (Å²) in [5.74, 6) is 2.69. The van der Waals surface area contributed by atoms with Gasteiger partial charge in [-0.15, -0.1) is 0 Å². The summed E-state index contributed by atoms with van der Waals surface area (Å²) in [6, 6.07) is 8.51. The zero-order valence-electron chi connectivity index (χ0n) is 25.6. The smallest absolute Gasteiger partial charge is 0.407 e. The van der Waals surface area contributed by atoms with Gasteiger partial charge in [-0.2, -0.15) is 9.97 Å². The lowest BCUT2D eigenvalue weighted by Crippen LogP contribution is -2.59. The Morgan fingerprint density at radius 2 is 1.53 bits per heavy atom. The second-order valence-corrected chi connectivity index (χ2v) is 13.0. The average molecular weight is 587 g/mol. The zero-order valence-corrected chi connectivity index (χ0v) is 25.6. The van der Waals surface area contributed by atoms with Crippen molar-refractivity contribution in [3.63, 3.8) is 0 Å². The van der Waals surface area contributed by atoms with Gasteiger partial charge in [-0.05, 0) is 41.6 Å². The fourth-order valence-corrected chi connectivity index (χ4v) is 6.30. The van der Waals surface area contributed by atoms with Crippen LogP contribution >= 0.6 is 0 Å². The van der Waals surface area contributed by atoms with Crippen molar-refractivity contribution in [1.29, 1.82) is 0 Å². The molecule has 0 radical (unpaired) electrons. The number of piperazine rings is 2. The van der Waals surface area contributed by atoms with Crippen molar-refractivity contribution in [3.05, 3.63) is 47.8 Å². The fraction of sp³-hybridized carbons (Fsp3) is 0.516. The van der Waals surface area contributed by atoms with Crippen LogP contribution in [-0.2, 0) is 13.0 Å². The molecule has 12 heteroatoms. The van der Waals surface area contributed by atoms with Gasteiger partial charge in [-0.25, -0.2) is 14.8 Å². The maximum Gasteiger partial charge on any atom is 0.407 e. The molecule has 1 unspecified atom stereocenters. The van der Waals surface area contributed by atoms with E-state index in [1.54, 1.807) is 4.90 Å². The van der Waals surface area contributed by atoms with Crippen LogP contribution in [0, 0.1) is 5.41 Å². The summed E-state index contributed by atoms with van der Waals surface area (Å²) in [7, 11) is 2.14. The predicted octanol–water partition coefficient (Wildman–Crippen LogP) is 3.05. The Morgan fingerprint density at radius 3 is 2.21 bits per heavy atom. The van der Waals surface area contributed by atoms with Crippen molar-refractivity contribution in [2.45, 2.75) is 39.8 Å². The summed E-state index contributed by atoms with van der Waals surface area (Å²) < 4.78 is 0. The molecule has 0 bridgehead atoms. The second kappa shape index (κ2) is 11.5. The molecule has 43 heavy (non-hydrogen) atoms. The minimum atomic E-state index is -0.875. The molecule has 3 N–H and O–H groups in total. The van der Waals surface area contributed by atoms with Gasteiger partial charge in [0.2, 0.25) is 11.9 Å². The predicted molar refractivity (Wildman–Crippen MR) is 169 cm³/mol. The quantitative estimate of drug-likeness (QED) is 0.468. The van der Waals surface area contributed by atoms with Crippen LogP contribution < -0.4 is 20.4 Å². The average Bonchev–Trinajstić information content (AvgIpc) is 3.00. The molecular formula is C31H42N10O2. The van der Waals surface area contributed by atoms with E-state index in [1.807, 2.05) is 12.4 Å². The van der Waals surface area contributed by atoms with Gasteiger partial charge in [0.15, 0.2) is 0 Å². The molecule has 0 saturated carbocycles. The number of hydrogen-bond donors (Lipinski definition) is 2. The van der Waals surface area contributed by atoms with Crippen LogP contribution in [0.1, 0.15) is 31.9 Å². The van der Waals surface area contributed by atoms with Gasteiger partial charge in [0.05, 0.1) is 6.04 Å². The molecule has 2 fully saturated rings. The molecule has 0 aliphatic carbocycles. The lowest BCUT2D eigenvalue weighted by molar-refractivity contribution is 0.0745. The van der Waals surface area contributed by atoms with E-state index in [-0.39, 0.29) is 11.5 Å². The molecular weight excluding hydrogens is 544 g/mol. The molecule has 6 rings (SSSR count). The number of nitrogens with zero attached hydrogens (tertiary/aromatic N) is 9. The molecule has 1 aromatic carbocycles. The summed E-state index contributed by atoms with van der Waals surface area (Å²) in [5, 5.41) is 9.70. The first kappa shape index (κ1) is 28.9. The molecule has 2 saturated heterocycles. The number of likely N-dealkylation sites (N-methyl/N-ethyl adjacent to an activating group) is 1. The molecule has 1 amide bonds. The van der Waals surface area contributed by atoms with Gasteiger partial charge in [-0.3, -0.25) is 0 Å². The van der Waals surface area contributed by atoms with Gasteiger partial charge in [-0.1, -0.05) is 32.9 Å². The number of nitrogens with two attached hydrogens (primary N) is 1. The molecule has 228 valence electrons. The molecule has 1 atom stereocenters. The van der Waals surface area contributed by atoms with E-state index >= 15 is 0 Å². The summed E-state index contributed by atoms with van der Waals surface area (Å²) in [5.41, 5.74) is 10.6. The number of carboxylic acid groups (broad SMARTS) is 1. The Bertz CT molecular complexity index is 1470. The van der Waals surface area contributed by atoms with Gasteiger partial charge >= 0.3 is 6.09 Å². The number of nitrogen functional groups attached to an aromatic ring is 1. The molecule has 5 heterocycles. The highest BCUT2D eigenvalue weighted by molar-refractivity contribution is 5.67. The summed E-state index contributed by atoms with van der Waals surface area (Å²) in [4.78, 5) is 40.9. The Balaban J connectivity index is 1.17. The van der Waals surface area contributed by atoms with Crippen LogP contribution in [0.25, 0.3) is 11.1 Å². The number of benzene rings is 1. The van der Waals surface area contributed by atoms with E-state index < -0.39 is 6.09 Å². The third-order valence-electron chi connectivity index (χ3n) is 8.97. The van der Waals surface area contributed by atoms with Crippen molar-refractivity contribution >= 4 is 29.6 Å². The molecule has 2 aromatic heterocycles. The third-order valence-corrected chi connectivity index (χ3v) is 8.97. The molecule has 3 aliphatic rings. The van der Waals surface area contributed by atoms with Crippen LogP contribution in [-0.4, -0.2) is 106 Å². The van der Waals surface area contributed by atoms with Crippen molar-refractivity contribution in [3.8, 4) is 11.1 Å². The van der Waals surface area contributed by atoms with Crippen LogP contribution in [0.4, 0.5) is 28.3 Å². The van der Waals surface area contributed by atoms with E-state index in [0.717, 1.165) is 68.5 Å². The lowest BCUT2D eigenvalue weighted by Gasteiger charge is -2.45. The Hall–Kier alpha value is -4.19. The van der Waals surface area contributed by atoms with Gasteiger partial charge in [0.1, 0.15) is 11.6 Å². The summed E-state index contributed by atoms with van der Waals surface area (Å²) in [6.45, 7) is 13.2.